The molecular weight excluding hydrogens is 310 g/mol. The predicted molar refractivity (Wildman–Crippen MR) is 76.0 cm³/mol. The number of aryl methyl sites for hydroxylation is 1. The van der Waals surface area contributed by atoms with E-state index in [0.717, 1.165) is 15.9 Å². The van der Waals surface area contributed by atoms with E-state index >= 15 is 0 Å². The standard InChI is InChI=1S/C13H20BrN3O2/c1-9(13(18)16-4-6-19-7-5-16)8-17-11(3)12(14)10(2)15-17/h9H,4-8H2,1-3H3. The van der Waals surface area contributed by atoms with Gasteiger partial charge in [0.15, 0.2) is 0 Å². The average molecular weight is 330 g/mol. The smallest absolute Gasteiger partial charge is 0.227 e. The highest BCUT2D eigenvalue weighted by Crippen LogP contribution is 2.21. The fourth-order valence-corrected chi connectivity index (χ4v) is 2.57. The lowest BCUT2D eigenvalue weighted by molar-refractivity contribution is -0.139. The molecule has 1 saturated heterocycles. The molecule has 2 rings (SSSR count). The molecule has 0 saturated carbocycles. The molecule has 6 heteroatoms. The Bertz CT molecular complexity index is 467. The van der Waals surface area contributed by atoms with E-state index in [1.165, 1.54) is 0 Å². The van der Waals surface area contributed by atoms with Crippen LogP contribution in [-0.4, -0.2) is 46.9 Å². The maximum absolute atomic E-state index is 12.3. The fraction of sp³-hybridized carbons (Fsp3) is 0.692. The molecule has 1 aliphatic heterocycles. The molecule has 0 aliphatic carbocycles. The zero-order valence-electron chi connectivity index (χ0n) is 11.6. The quantitative estimate of drug-likeness (QED) is 0.848. The molecule has 1 amide bonds. The Kier molecular flexibility index (Phi) is 4.62. The number of amides is 1. The Balaban J connectivity index is 2.01. The van der Waals surface area contributed by atoms with Crippen LogP contribution in [0.3, 0.4) is 0 Å². The lowest BCUT2D eigenvalue weighted by atomic mass is 10.1. The van der Waals surface area contributed by atoms with Crippen molar-refractivity contribution in [2.75, 3.05) is 26.3 Å². The summed E-state index contributed by atoms with van der Waals surface area (Å²) in [5.74, 6) is 0.120. The zero-order valence-corrected chi connectivity index (χ0v) is 13.2. The second kappa shape index (κ2) is 6.05. The third kappa shape index (κ3) is 3.17. The van der Waals surface area contributed by atoms with Crippen LogP contribution in [0.5, 0.6) is 0 Å². The molecule has 19 heavy (non-hydrogen) atoms. The first kappa shape index (κ1) is 14.5. The number of ether oxygens (including phenoxy) is 1. The van der Waals surface area contributed by atoms with Gasteiger partial charge in [0.25, 0.3) is 0 Å². The normalized spacial score (nSPS) is 17.6. The van der Waals surface area contributed by atoms with Crippen LogP contribution < -0.4 is 0 Å². The highest BCUT2D eigenvalue weighted by atomic mass is 79.9. The number of halogens is 1. The van der Waals surface area contributed by atoms with Crippen molar-refractivity contribution in [1.82, 2.24) is 14.7 Å². The molecule has 0 aromatic carbocycles. The van der Waals surface area contributed by atoms with Crippen molar-refractivity contribution in [2.45, 2.75) is 27.3 Å². The van der Waals surface area contributed by atoms with Gasteiger partial charge in [-0.25, -0.2) is 0 Å². The molecule has 1 aliphatic rings. The minimum atomic E-state index is -0.0667. The molecule has 0 radical (unpaired) electrons. The highest BCUT2D eigenvalue weighted by molar-refractivity contribution is 9.10. The van der Waals surface area contributed by atoms with E-state index in [0.29, 0.717) is 32.8 Å². The number of rotatable bonds is 3. The van der Waals surface area contributed by atoms with E-state index in [4.69, 9.17) is 4.74 Å². The van der Waals surface area contributed by atoms with Gasteiger partial charge in [-0.05, 0) is 29.8 Å². The molecule has 2 heterocycles. The van der Waals surface area contributed by atoms with Crippen LogP contribution in [0, 0.1) is 19.8 Å². The van der Waals surface area contributed by atoms with Crippen LogP contribution in [0.15, 0.2) is 4.47 Å². The molecule has 106 valence electrons. The van der Waals surface area contributed by atoms with E-state index in [9.17, 15) is 4.79 Å². The van der Waals surface area contributed by atoms with Gasteiger partial charge < -0.3 is 9.64 Å². The third-order valence-electron chi connectivity index (χ3n) is 3.48. The maximum Gasteiger partial charge on any atom is 0.227 e. The summed E-state index contributed by atoms with van der Waals surface area (Å²) >= 11 is 3.51. The monoisotopic (exact) mass is 329 g/mol. The summed E-state index contributed by atoms with van der Waals surface area (Å²) in [6.45, 7) is 9.23. The van der Waals surface area contributed by atoms with Crippen LogP contribution in [-0.2, 0) is 16.1 Å². The van der Waals surface area contributed by atoms with Crippen molar-refractivity contribution in [3.05, 3.63) is 15.9 Å². The number of morpholine rings is 1. The largest absolute Gasteiger partial charge is 0.378 e. The van der Waals surface area contributed by atoms with Gasteiger partial charge in [0.2, 0.25) is 5.91 Å². The van der Waals surface area contributed by atoms with E-state index in [2.05, 4.69) is 21.0 Å². The number of hydrogen-bond acceptors (Lipinski definition) is 3. The fourth-order valence-electron chi connectivity index (χ4n) is 2.29. The van der Waals surface area contributed by atoms with Crippen LogP contribution in [0.4, 0.5) is 0 Å². The van der Waals surface area contributed by atoms with Gasteiger partial charge in [-0.2, -0.15) is 5.10 Å². The van der Waals surface area contributed by atoms with Crippen LogP contribution in [0.25, 0.3) is 0 Å². The van der Waals surface area contributed by atoms with Crippen molar-refractivity contribution < 1.29 is 9.53 Å². The summed E-state index contributed by atoms with van der Waals surface area (Å²) in [6.07, 6.45) is 0. The summed E-state index contributed by atoms with van der Waals surface area (Å²) in [5.41, 5.74) is 2.03. The van der Waals surface area contributed by atoms with Gasteiger partial charge in [-0.15, -0.1) is 0 Å². The second-order valence-electron chi connectivity index (χ2n) is 5.01. The predicted octanol–water partition coefficient (Wildman–Crippen LogP) is 1.76. The van der Waals surface area contributed by atoms with Crippen molar-refractivity contribution in [3.8, 4) is 0 Å². The topological polar surface area (TPSA) is 47.4 Å². The molecule has 1 aromatic heterocycles. The van der Waals surface area contributed by atoms with Crippen LogP contribution in [0.1, 0.15) is 18.3 Å². The summed E-state index contributed by atoms with van der Waals surface area (Å²) in [7, 11) is 0. The van der Waals surface area contributed by atoms with Gasteiger partial charge in [0, 0.05) is 18.8 Å². The van der Waals surface area contributed by atoms with Crippen molar-refractivity contribution in [2.24, 2.45) is 5.92 Å². The molecule has 0 spiro atoms. The van der Waals surface area contributed by atoms with Crippen LogP contribution in [0.2, 0.25) is 0 Å². The lowest BCUT2D eigenvalue weighted by Crippen LogP contribution is -2.44. The Labute approximate surface area is 122 Å². The molecule has 5 nitrogen and oxygen atoms in total. The molecule has 0 bridgehead atoms. The number of nitrogens with zero attached hydrogens (tertiary/aromatic N) is 3. The molecular formula is C13H20BrN3O2. The van der Waals surface area contributed by atoms with Crippen molar-refractivity contribution in [1.29, 1.82) is 0 Å². The minimum Gasteiger partial charge on any atom is -0.378 e. The zero-order chi connectivity index (χ0) is 14.0. The Hall–Kier alpha value is -0.880. The maximum atomic E-state index is 12.3. The van der Waals surface area contributed by atoms with E-state index in [-0.39, 0.29) is 11.8 Å². The van der Waals surface area contributed by atoms with Gasteiger partial charge in [-0.1, -0.05) is 6.92 Å². The van der Waals surface area contributed by atoms with Gasteiger partial charge in [-0.3, -0.25) is 9.48 Å². The Morgan fingerprint density at radius 1 is 1.42 bits per heavy atom. The molecule has 1 atom stereocenters. The summed E-state index contributed by atoms with van der Waals surface area (Å²) in [5, 5.41) is 4.45. The first-order valence-electron chi connectivity index (χ1n) is 6.56. The second-order valence-corrected chi connectivity index (χ2v) is 5.80. The molecule has 1 fully saturated rings. The van der Waals surface area contributed by atoms with Gasteiger partial charge in [0.05, 0.1) is 35.8 Å². The Morgan fingerprint density at radius 2 is 2.05 bits per heavy atom. The number of aromatic nitrogens is 2. The number of hydrogen-bond donors (Lipinski definition) is 0. The van der Waals surface area contributed by atoms with Crippen molar-refractivity contribution >= 4 is 21.8 Å². The number of carbonyl (C=O) groups excluding carboxylic acids is 1. The highest BCUT2D eigenvalue weighted by Gasteiger charge is 2.23. The summed E-state index contributed by atoms with van der Waals surface area (Å²) < 4.78 is 8.20. The van der Waals surface area contributed by atoms with Gasteiger partial charge >= 0.3 is 0 Å². The van der Waals surface area contributed by atoms with E-state index in [1.54, 1.807) is 0 Å². The van der Waals surface area contributed by atoms with E-state index < -0.39 is 0 Å². The molecule has 0 N–H and O–H groups in total. The molecule has 1 unspecified atom stereocenters. The molecule has 1 aromatic rings. The summed E-state index contributed by atoms with van der Waals surface area (Å²) in [4.78, 5) is 14.2. The minimum absolute atomic E-state index is 0.0667. The lowest BCUT2D eigenvalue weighted by Gasteiger charge is -2.29. The van der Waals surface area contributed by atoms with E-state index in [1.807, 2.05) is 30.4 Å². The van der Waals surface area contributed by atoms with Crippen molar-refractivity contribution in [3.63, 3.8) is 0 Å². The summed E-state index contributed by atoms with van der Waals surface area (Å²) in [6, 6.07) is 0. The number of carbonyl (C=O) groups is 1. The first-order valence-corrected chi connectivity index (χ1v) is 7.36. The average Bonchev–Trinajstić information content (AvgIpc) is 2.66. The van der Waals surface area contributed by atoms with Gasteiger partial charge in [0.1, 0.15) is 0 Å². The van der Waals surface area contributed by atoms with Crippen LogP contribution >= 0.6 is 15.9 Å². The SMILES string of the molecule is Cc1nn(CC(C)C(=O)N2CCOCC2)c(C)c1Br. The third-order valence-corrected chi connectivity index (χ3v) is 4.63. The first-order chi connectivity index (χ1) is 9.00. The Morgan fingerprint density at radius 3 is 2.58 bits per heavy atom.